The average molecular weight is 422 g/mol. The van der Waals surface area contributed by atoms with Crippen LogP contribution in [-0.4, -0.2) is 50.4 Å². The van der Waals surface area contributed by atoms with Gasteiger partial charge in [-0.2, -0.15) is 5.10 Å². The van der Waals surface area contributed by atoms with Crippen molar-refractivity contribution in [2.24, 2.45) is 5.92 Å². The van der Waals surface area contributed by atoms with Gasteiger partial charge in [-0.1, -0.05) is 0 Å². The maximum absolute atomic E-state index is 13.5. The number of rotatable bonds is 2. The van der Waals surface area contributed by atoms with Crippen LogP contribution in [0.25, 0.3) is 5.65 Å². The number of aryl methyl sites for hydroxylation is 2. The Morgan fingerprint density at radius 1 is 1.26 bits per heavy atom. The van der Waals surface area contributed by atoms with Gasteiger partial charge in [0.2, 0.25) is 0 Å². The molecule has 1 fully saturated rings. The summed E-state index contributed by atoms with van der Waals surface area (Å²) in [5.41, 5.74) is 3.09. The van der Waals surface area contributed by atoms with Crippen molar-refractivity contribution >= 4 is 17.3 Å². The van der Waals surface area contributed by atoms with E-state index in [1.807, 2.05) is 19.9 Å². The van der Waals surface area contributed by atoms with Gasteiger partial charge in [-0.25, -0.2) is 13.9 Å². The number of piperidine rings is 1. The first-order valence-electron chi connectivity index (χ1n) is 10.5. The van der Waals surface area contributed by atoms with E-state index in [-0.39, 0.29) is 30.1 Å². The molecule has 2 unspecified atom stereocenters. The molecule has 0 saturated carbocycles. The summed E-state index contributed by atoms with van der Waals surface area (Å²) >= 11 is 0. The van der Waals surface area contributed by atoms with Crippen LogP contribution in [0.15, 0.2) is 30.5 Å². The Hall–Kier alpha value is -3.29. The lowest BCUT2D eigenvalue weighted by Crippen LogP contribution is -2.46. The Bertz CT molecular complexity index is 1200. The zero-order valence-electron chi connectivity index (χ0n) is 17.5. The topological polar surface area (TPSA) is 76.8 Å². The summed E-state index contributed by atoms with van der Waals surface area (Å²) < 4.78 is 21.2. The monoisotopic (exact) mass is 422 g/mol. The average Bonchev–Trinajstić information content (AvgIpc) is 3.18. The number of fused-ring (bicyclic) bond motifs is 2. The van der Waals surface area contributed by atoms with Crippen molar-refractivity contribution in [1.29, 1.82) is 0 Å². The minimum Gasteiger partial charge on any atom is -0.489 e. The lowest BCUT2D eigenvalue weighted by atomic mass is 9.86. The Kier molecular flexibility index (Phi) is 4.72. The molecule has 160 valence electrons. The molecule has 2 aliphatic heterocycles. The molecule has 0 radical (unpaired) electrons. The number of aromatic nitrogens is 3. The molecule has 2 atom stereocenters. The van der Waals surface area contributed by atoms with E-state index >= 15 is 0 Å². The molecule has 0 N–H and O–H groups in total. The third kappa shape index (κ3) is 3.45. The van der Waals surface area contributed by atoms with Crippen LogP contribution in [0.3, 0.4) is 0 Å². The molecular formula is C23H23FN4O3. The van der Waals surface area contributed by atoms with E-state index in [2.05, 4.69) is 10.1 Å². The number of hydrogen-bond acceptors (Lipinski definition) is 5. The number of benzene rings is 1. The van der Waals surface area contributed by atoms with Crippen molar-refractivity contribution in [3.63, 3.8) is 0 Å². The fraction of sp³-hybridized carbons (Fsp3) is 0.391. The largest absolute Gasteiger partial charge is 0.489 e. The number of amides is 1. The quantitative estimate of drug-likeness (QED) is 0.633. The van der Waals surface area contributed by atoms with Crippen LogP contribution >= 0.6 is 0 Å². The summed E-state index contributed by atoms with van der Waals surface area (Å²) in [4.78, 5) is 32.2. The molecule has 3 aromatic rings. The van der Waals surface area contributed by atoms with Crippen molar-refractivity contribution in [2.75, 3.05) is 13.1 Å². The van der Waals surface area contributed by atoms with E-state index in [0.717, 1.165) is 24.2 Å². The molecule has 31 heavy (non-hydrogen) atoms. The molecule has 7 nitrogen and oxygen atoms in total. The van der Waals surface area contributed by atoms with Crippen molar-refractivity contribution in [3.8, 4) is 5.75 Å². The van der Waals surface area contributed by atoms with E-state index in [1.54, 1.807) is 15.6 Å². The first-order chi connectivity index (χ1) is 14.9. The smallest absolute Gasteiger partial charge is 0.259 e. The predicted molar refractivity (Wildman–Crippen MR) is 111 cm³/mol. The van der Waals surface area contributed by atoms with Gasteiger partial charge in [-0.05, 0) is 51.0 Å². The van der Waals surface area contributed by atoms with Gasteiger partial charge in [-0.15, -0.1) is 0 Å². The minimum absolute atomic E-state index is 0.0260. The molecule has 8 heteroatoms. The van der Waals surface area contributed by atoms with Gasteiger partial charge in [0.05, 0.1) is 11.8 Å². The van der Waals surface area contributed by atoms with Crippen LogP contribution < -0.4 is 4.74 Å². The Morgan fingerprint density at radius 2 is 2.10 bits per heavy atom. The number of ketones is 1. The Balaban J connectivity index is 1.37. The number of ether oxygens (including phenoxy) is 1. The number of carbonyl (C=O) groups is 2. The highest BCUT2D eigenvalue weighted by atomic mass is 19.1. The van der Waals surface area contributed by atoms with Crippen molar-refractivity contribution < 1.29 is 18.7 Å². The van der Waals surface area contributed by atoms with Gasteiger partial charge < -0.3 is 9.64 Å². The number of nitrogens with zero attached hydrogens (tertiary/aromatic N) is 4. The highest BCUT2D eigenvalue weighted by Gasteiger charge is 2.36. The third-order valence-corrected chi connectivity index (χ3v) is 6.19. The summed E-state index contributed by atoms with van der Waals surface area (Å²) in [5.74, 6) is -0.230. The summed E-state index contributed by atoms with van der Waals surface area (Å²) in [6.45, 7) is 4.96. The molecule has 5 rings (SSSR count). The second-order valence-corrected chi connectivity index (χ2v) is 8.41. The van der Waals surface area contributed by atoms with Crippen molar-refractivity contribution in [1.82, 2.24) is 19.5 Å². The molecule has 2 aromatic heterocycles. The second-order valence-electron chi connectivity index (χ2n) is 8.41. The molecular weight excluding hydrogens is 399 g/mol. The van der Waals surface area contributed by atoms with Crippen molar-refractivity contribution in [3.05, 3.63) is 58.8 Å². The van der Waals surface area contributed by atoms with E-state index in [1.165, 1.54) is 18.2 Å². The van der Waals surface area contributed by atoms with Crippen LogP contribution in [0.4, 0.5) is 4.39 Å². The standard InChI is InChI=1S/C23H23FN4O3/c1-13-8-14(2)28-22(26-13)18(11-25-28)23(30)27-7-3-4-15(12-27)21-10-19(29)17-9-16(24)5-6-20(17)31-21/h5-6,8-9,11,15,21H,3-4,7,10,12H2,1-2H3. The van der Waals surface area contributed by atoms with Gasteiger partial charge in [0.1, 0.15) is 23.2 Å². The van der Waals surface area contributed by atoms with Crippen LogP contribution in [0.1, 0.15) is 51.4 Å². The molecule has 2 aliphatic rings. The van der Waals surface area contributed by atoms with Gasteiger partial charge in [-0.3, -0.25) is 9.59 Å². The molecule has 1 amide bonds. The number of halogens is 1. The highest BCUT2D eigenvalue weighted by molar-refractivity contribution is 6.00. The summed E-state index contributed by atoms with van der Waals surface area (Å²) in [7, 11) is 0. The highest BCUT2D eigenvalue weighted by Crippen LogP contribution is 2.34. The summed E-state index contributed by atoms with van der Waals surface area (Å²) in [6.07, 6.45) is 3.13. The van der Waals surface area contributed by atoms with Gasteiger partial charge in [0.15, 0.2) is 11.4 Å². The molecule has 4 heterocycles. The first kappa shape index (κ1) is 19.7. The molecule has 0 bridgehead atoms. The maximum atomic E-state index is 13.5. The molecule has 0 aliphatic carbocycles. The minimum atomic E-state index is -0.448. The lowest BCUT2D eigenvalue weighted by molar-refractivity contribution is 0.0409. The second kappa shape index (κ2) is 7.44. The van der Waals surface area contributed by atoms with Gasteiger partial charge >= 0.3 is 0 Å². The van der Waals surface area contributed by atoms with E-state index in [4.69, 9.17) is 4.74 Å². The molecule has 0 spiro atoms. The number of hydrogen-bond donors (Lipinski definition) is 0. The van der Waals surface area contributed by atoms with Gasteiger partial charge in [0, 0.05) is 36.8 Å². The van der Waals surface area contributed by atoms with Gasteiger partial charge in [0.25, 0.3) is 5.91 Å². The fourth-order valence-corrected chi connectivity index (χ4v) is 4.67. The van der Waals surface area contributed by atoms with Crippen molar-refractivity contribution in [2.45, 2.75) is 39.2 Å². The van der Waals surface area contributed by atoms with E-state index < -0.39 is 5.82 Å². The zero-order valence-corrected chi connectivity index (χ0v) is 17.5. The lowest BCUT2D eigenvalue weighted by Gasteiger charge is -2.38. The van der Waals surface area contributed by atoms with E-state index in [9.17, 15) is 14.0 Å². The number of Topliss-reactive ketones (excluding diaryl/α,β-unsaturated/α-hetero) is 1. The summed E-state index contributed by atoms with van der Waals surface area (Å²) in [6, 6.07) is 5.96. The van der Waals surface area contributed by atoms with Crippen LogP contribution in [0, 0.1) is 25.6 Å². The maximum Gasteiger partial charge on any atom is 0.259 e. The Morgan fingerprint density at radius 3 is 2.94 bits per heavy atom. The van der Waals surface area contributed by atoms with Crippen LogP contribution in [0.2, 0.25) is 0 Å². The van der Waals surface area contributed by atoms with Crippen LogP contribution in [0.5, 0.6) is 5.75 Å². The number of carbonyl (C=O) groups excluding carboxylic acids is 2. The first-order valence-corrected chi connectivity index (χ1v) is 10.5. The normalized spacial score (nSPS) is 21.1. The zero-order chi connectivity index (χ0) is 21.7. The summed E-state index contributed by atoms with van der Waals surface area (Å²) in [5, 5.41) is 4.33. The predicted octanol–water partition coefficient (Wildman–Crippen LogP) is 3.37. The fourth-order valence-electron chi connectivity index (χ4n) is 4.67. The number of likely N-dealkylation sites (tertiary alicyclic amines) is 1. The Labute approximate surface area is 178 Å². The SMILES string of the molecule is Cc1cc(C)n2ncc(C(=O)N3CCCC(C4CC(=O)c5cc(F)ccc5O4)C3)c2n1. The molecule has 1 saturated heterocycles. The van der Waals surface area contributed by atoms with Crippen LogP contribution in [-0.2, 0) is 0 Å². The molecule has 1 aromatic carbocycles. The third-order valence-electron chi connectivity index (χ3n) is 6.19. The van der Waals surface area contributed by atoms with E-state index in [0.29, 0.717) is 35.6 Å².